The number of aromatic nitrogens is 1. The summed E-state index contributed by atoms with van der Waals surface area (Å²) >= 11 is 0. The predicted molar refractivity (Wildman–Crippen MR) is 74.7 cm³/mol. The van der Waals surface area contributed by atoms with Crippen molar-refractivity contribution in [2.45, 2.75) is 45.4 Å². The molecule has 0 unspecified atom stereocenters. The number of aliphatic carboxylic acids is 1. The summed E-state index contributed by atoms with van der Waals surface area (Å²) in [5.41, 5.74) is 0.0575. The van der Waals surface area contributed by atoms with Gasteiger partial charge in [-0.05, 0) is 39.3 Å². The van der Waals surface area contributed by atoms with Crippen LogP contribution in [-0.2, 0) is 9.53 Å². The first-order valence-corrected chi connectivity index (χ1v) is 6.43. The monoisotopic (exact) mass is 296 g/mol. The summed E-state index contributed by atoms with van der Waals surface area (Å²) in [5.74, 6) is -1.38. The zero-order chi connectivity index (χ0) is 16.2. The van der Waals surface area contributed by atoms with E-state index in [1.54, 1.807) is 39.8 Å². The first-order chi connectivity index (χ1) is 9.61. The van der Waals surface area contributed by atoms with E-state index < -0.39 is 29.8 Å². The molecule has 1 aromatic rings. The van der Waals surface area contributed by atoms with E-state index in [0.29, 0.717) is 5.56 Å². The van der Waals surface area contributed by atoms with Crippen molar-refractivity contribution in [1.82, 2.24) is 10.3 Å². The average molecular weight is 296 g/mol. The Morgan fingerprint density at radius 2 is 2.00 bits per heavy atom. The van der Waals surface area contributed by atoms with Crippen LogP contribution < -0.4 is 5.32 Å². The Morgan fingerprint density at radius 3 is 2.48 bits per heavy atom. The molecule has 7 nitrogen and oxygen atoms in total. The number of carbonyl (C=O) groups is 2. The number of rotatable bonds is 4. The quantitative estimate of drug-likeness (QED) is 0.775. The minimum absolute atomic E-state index is 0.195. The third-order valence-corrected chi connectivity index (χ3v) is 2.58. The van der Waals surface area contributed by atoms with E-state index in [1.807, 2.05) is 0 Å². The van der Waals surface area contributed by atoms with Gasteiger partial charge in [0.1, 0.15) is 11.7 Å². The second-order valence-corrected chi connectivity index (χ2v) is 5.61. The van der Waals surface area contributed by atoms with Crippen LogP contribution in [0.15, 0.2) is 18.3 Å². The van der Waals surface area contributed by atoms with Gasteiger partial charge in [0.15, 0.2) is 6.04 Å². The van der Waals surface area contributed by atoms with Crippen molar-refractivity contribution in [2.24, 2.45) is 0 Å². The van der Waals surface area contributed by atoms with Crippen LogP contribution in [0.2, 0.25) is 0 Å². The fourth-order valence-electron chi connectivity index (χ4n) is 1.68. The van der Waals surface area contributed by atoms with Gasteiger partial charge in [-0.15, -0.1) is 0 Å². The van der Waals surface area contributed by atoms with E-state index in [9.17, 15) is 19.8 Å². The highest BCUT2D eigenvalue weighted by molar-refractivity contribution is 5.80. The first kappa shape index (κ1) is 16.9. The van der Waals surface area contributed by atoms with E-state index in [-0.39, 0.29) is 5.69 Å². The van der Waals surface area contributed by atoms with Crippen LogP contribution >= 0.6 is 0 Å². The topological polar surface area (TPSA) is 109 Å². The SMILES string of the molecule is Cc1cccnc1[C@@H](O)[C@H](NC(=O)OC(C)(C)C)C(=O)O. The number of carbonyl (C=O) groups excluding carboxylic acids is 1. The molecule has 0 aliphatic carbocycles. The second-order valence-electron chi connectivity index (χ2n) is 5.61. The Hall–Kier alpha value is -2.15. The second kappa shape index (κ2) is 6.53. The molecule has 1 heterocycles. The van der Waals surface area contributed by atoms with Crippen LogP contribution in [0.1, 0.15) is 38.1 Å². The van der Waals surface area contributed by atoms with Crippen molar-refractivity contribution in [2.75, 3.05) is 0 Å². The van der Waals surface area contributed by atoms with Gasteiger partial charge in [0.25, 0.3) is 0 Å². The van der Waals surface area contributed by atoms with E-state index in [0.717, 1.165) is 0 Å². The highest BCUT2D eigenvalue weighted by Crippen LogP contribution is 2.19. The number of carboxylic acid groups (broad SMARTS) is 1. The van der Waals surface area contributed by atoms with Gasteiger partial charge in [-0.25, -0.2) is 9.59 Å². The number of nitrogens with one attached hydrogen (secondary N) is 1. The molecule has 0 aliphatic rings. The molecular weight excluding hydrogens is 276 g/mol. The molecule has 0 radical (unpaired) electrons. The van der Waals surface area contributed by atoms with Crippen LogP contribution in [0, 0.1) is 6.92 Å². The molecule has 2 atom stereocenters. The number of ether oxygens (including phenoxy) is 1. The lowest BCUT2D eigenvalue weighted by molar-refractivity contribution is -0.142. The normalized spacial score (nSPS) is 14.1. The highest BCUT2D eigenvalue weighted by atomic mass is 16.6. The molecule has 0 saturated heterocycles. The highest BCUT2D eigenvalue weighted by Gasteiger charge is 2.32. The van der Waals surface area contributed by atoms with Gasteiger partial charge in [0, 0.05) is 6.20 Å². The van der Waals surface area contributed by atoms with Crippen molar-refractivity contribution in [3.8, 4) is 0 Å². The van der Waals surface area contributed by atoms with Crippen LogP contribution in [0.5, 0.6) is 0 Å². The largest absolute Gasteiger partial charge is 0.480 e. The molecule has 0 aromatic carbocycles. The van der Waals surface area contributed by atoms with Crippen molar-refractivity contribution in [3.05, 3.63) is 29.6 Å². The maximum absolute atomic E-state index is 11.7. The molecule has 1 amide bonds. The lowest BCUT2D eigenvalue weighted by Gasteiger charge is -2.24. The van der Waals surface area contributed by atoms with Crippen molar-refractivity contribution < 1.29 is 24.5 Å². The lowest BCUT2D eigenvalue weighted by atomic mass is 10.0. The molecule has 0 aliphatic heterocycles. The summed E-state index contributed by atoms with van der Waals surface area (Å²) in [5, 5.41) is 21.5. The Kier molecular flexibility index (Phi) is 5.26. The minimum Gasteiger partial charge on any atom is -0.480 e. The van der Waals surface area contributed by atoms with Gasteiger partial charge >= 0.3 is 12.1 Å². The standard InChI is InChI=1S/C14H20N2O5/c1-8-6-5-7-15-9(8)11(17)10(12(18)19)16-13(20)21-14(2,3)4/h5-7,10-11,17H,1-4H3,(H,16,20)(H,18,19)/t10-,11+/m0/s1. The fourth-order valence-corrected chi connectivity index (χ4v) is 1.68. The van der Waals surface area contributed by atoms with Crippen LogP contribution in [-0.4, -0.2) is 38.9 Å². The van der Waals surface area contributed by atoms with E-state index in [4.69, 9.17) is 4.74 Å². The molecule has 3 N–H and O–H groups in total. The van der Waals surface area contributed by atoms with Crippen molar-refractivity contribution in [1.29, 1.82) is 0 Å². The number of nitrogens with zero attached hydrogens (tertiary/aromatic N) is 1. The number of aliphatic hydroxyl groups excluding tert-OH is 1. The summed E-state index contributed by atoms with van der Waals surface area (Å²) in [6.07, 6.45) is -0.948. The number of pyridine rings is 1. The van der Waals surface area contributed by atoms with Crippen molar-refractivity contribution >= 4 is 12.1 Å². The molecule has 0 saturated carbocycles. The van der Waals surface area contributed by atoms with Gasteiger partial charge < -0.3 is 20.3 Å². The zero-order valence-corrected chi connectivity index (χ0v) is 12.5. The van der Waals surface area contributed by atoms with Crippen LogP contribution in [0.25, 0.3) is 0 Å². The fraction of sp³-hybridized carbons (Fsp3) is 0.500. The molecule has 21 heavy (non-hydrogen) atoms. The molecule has 116 valence electrons. The molecule has 0 bridgehead atoms. The Bertz CT molecular complexity index is 524. The number of carboxylic acids is 1. The summed E-state index contributed by atoms with van der Waals surface area (Å²) in [7, 11) is 0. The predicted octanol–water partition coefficient (Wildman–Crippen LogP) is 1.40. The van der Waals surface area contributed by atoms with Gasteiger partial charge in [0.05, 0.1) is 5.69 Å². The van der Waals surface area contributed by atoms with Gasteiger partial charge in [-0.1, -0.05) is 6.07 Å². The first-order valence-electron chi connectivity index (χ1n) is 6.43. The number of alkyl carbamates (subject to hydrolysis) is 1. The summed E-state index contributed by atoms with van der Waals surface area (Å²) in [6.45, 7) is 6.66. The van der Waals surface area contributed by atoms with Crippen LogP contribution in [0.4, 0.5) is 4.79 Å². The van der Waals surface area contributed by atoms with Gasteiger partial charge in [-0.2, -0.15) is 0 Å². The number of aryl methyl sites for hydroxylation is 1. The van der Waals surface area contributed by atoms with E-state index in [2.05, 4.69) is 10.3 Å². The number of amides is 1. The minimum atomic E-state index is -1.55. The molecule has 1 aromatic heterocycles. The summed E-state index contributed by atoms with van der Waals surface area (Å²) in [6, 6.07) is 1.81. The van der Waals surface area contributed by atoms with Crippen molar-refractivity contribution in [3.63, 3.8) is 0 Å². The number of hydrogen-bond acceptors (Lipinski definition) is 5. The van der Waals surface area contributed by atoms with Gasteiger partial charge in [-0.3, -0.25) is 4.98 Å². The molecule has 0 spiro atoms. The Morgan fingerprint density at radius 1 is 1.38 bits per heavy atom. The Balaban J connectivity index is 2.90. The molecular formula is C14H20N2O5. The molecule has 1 rings (SSSR count). The zero-order valence-electron chi connectivity index (χ0n) is 12.5. The maximum Gasteiger partial charge on any atom is 0.408 e. The molecule has 7 heteroatoms. The summed E-state index contributed by atoms with van der Waals surface area (Å²) < 4.78 is 4.99. The van der Waals surface area contributed by atoms with E-state index >= 15 is 0 Å². The number of aliphatic hydroxyl groups is 1. The summed E-state index contributed by atoms with van der Waals surface area (Å²) in [4.78, 5) is 26.9. The smallest absolute Gasteiger partial charge is 0.408 e. The van der Waals surface area contributed by atoms with E-state index in [1.165, 1.54) is 6.20 Å². The third kappa shape index (κ3) is 5.03. The third-order valence-electron chi connectivity index (χ3n) is 2.58. The average Bonchev–Trinajstić information content (AvgIpc) is 2.33. The lowest BCUT2D eigenvalue weighted by Crippen LogP contribution is -2.47. The number of hydrogen-bond donors (Lipinski definition) is 3. The maximum atomic E-state index is 11.7. The Labute approximate surface area is 123 Å². The van der Waals surface area contributed by atoms with Crippen LogP contribution in [0.3, 0.4) is 0 Å². The van der Waals surface area contributed by atoms with Gasteiger partial charge in [0.2, 0.25) is 0 Å². The molecule has 0 fully saturated rings.